The first-order valence-corrected chi connectivity index (χ1v) is 5.43. The van der Waals surface area contributed by atoms with E-state index in [2.05, 4.69) is 9.88 Å². The molecule has 0 atom stereocenters. The van der Waals surface area contributed by atoms with Gasteiger partial charge in [0, 0.05) is 25.7 Å². The fourth-order valence-electron chi connectivity index (χ4n) is 1.93. The van der Waals surface area contributed by atoms with Crippen LogP contribution in [0.3, 0.4) is 0 Å². The first kappa shape index (κ1) is 20.1. The van der Waals surface area contributed by atoms with E-state index in [1.54, 1.807) is 0 Å². The van der Waals surface area contributed by atoms with Gasteiger partial charge in [-0.05, 0) is 25.0 Å². The molecule has 1 aromatic rings. The van der Waals surface area contributed by atoms with Crippen LogP contribution in [0.4, 0.5) is 5.82 Å². The number of anilines is 1. The van der Waals surface area contributed by atoms with Crippen LogP contribution in [0, 0.1) is 0 Å². The van der Waals surface area contributed by atoms with Gasteiger partial charge in [-0.2, -0.15) is 0 Å². The highest BCUT2D eigenvalue weighted by atomic mass is 35.5. The average Bonchev–Trinajstić information content (AvgIpc) is 2.22. The van der Waals surface area contributed by atoms with Gasteiger partial charge in [-0.1, -0.05) is 6.07 Å². The van der Waals surface area contributed by atoms with Crippen LogP contribution in [0.5, 0.6) is 0 Å². The smallest absolute Gasteiger partial charge is 0.123 e. The third-order valence-electron chi connectivity index (χ3n) is 2.85. The van der Waals surface area contributed by atoms with Crippen molar-refractivity contribution in [3.05, 3.63) is 23.9 Å². The molecule has 1 fully saturated rings. The lowest BCUT2D eigenvalue weighted by molar-refractivity contribution is 0.203. The molecule has 0 bridgehead atoms. The van der Waals surface area contributed by atoms with Crippen LogP contribution in [0.2, 0.25) is 0 Å². The maximum Gasteiger partial charge on any atom is 0.123 e. The zero-order valence-electron chi connectivity index (χ0n) is 10.1. The van der Waals surface area contributed by atoms with Crippen LogP contribution >= 0.6 is 37.2 Å². The van der Waals surface area contributed by atoms with E-state index in [-0.39, 0.29) is 37.2 Å². The van der Waals surface area contributed by atoms with Crippen molar-refractivity contribution in [1.29, 1.82) is 0 Å². The first-order chi connectivity index (χ1) is 7.24. The minimum Gasteiger partial charge on any atom is -0.384 e. The van der Waals surface area contributed by atoms with Crippen molar-refractivity contribution in [2.45, 2.75) is 25.4 Å². The van der Waals surface area contributed by atoms with Gasteiger partial charge in [0.25, 0.3) is 0 Å². The van der Waals surface area contributed by atoms with Crippen molar-refractivity contribution in [2.24, 2.45) is 5.73 Å². The number of rotatable bonds is 2. The molecule has 1 aromatic heterocycles. The predicted molar refractivity (Wildman–Crippen MR) is 82.9 cm³/mol. The van der Waals surface area contributed by atoms with E-state index in [0.717, 1.165) is 38.2 Å². The summed E-state index contributed by atoms with van der Waals surface area (Å²) in [6.45, 7) is 3.02. The Bertz CT molecular complexity index is 330. The summed E-state index contributed by atoms with van der Waals surface area (Å²) in [6, 6.07) is 6.17. The van der Waals surface area contributed by atoms with E-state index in [1.807, 2.05) is 18.2 Å². The zero-order chi connectivity index (χ0) is 10.7. The molecule has 0 unspecified atom stereocenters. The Hall–Kier alpha value is -0.260. The summed E-state index contributed by atoms with van der Waals surface area (Å²) in [6.07, 6.45) is 2.17. The molecule has 2 rings (SSSR count). The molecule has 0 radical (unpaired) electrons. The molecule has 18 heavy (non-hydrogen) atoms. The molecule has 0 aliphatic carbocycles. The van der Waals surface area contributed by atoms with E-state index in [9.17, 15) is 0 Å². The van der Waals surface area contributed by atoms with E-state index in [0.29, 0.717) is 11.9 Å². The Morgan fingerprint density at radius 2 is 1.78 bits per heavy atom. The van der Waals surface area contributed by atoms with Gasteiger partial charge in [0.1, 0.15) is 5.82 Å². The van der Waals surface area contributed by atoms with Crippen LogP contribution in [-0.4, -0.2) is 29.0 Å². The van der Waals surface area contributed by atoms with Crippen molar-refractivity contribution in [3.8, 4) is 0 Å². The normalized spacial score (nSPS) is 16.1. The topological polar surface area (TPSA) is 68.2 Å². The highest BCUT2D eigenvalue weighted by Gasteiger charge is 2.16. The molecule has 0 aromatic carbocycles. The minimum absolute atomic E-state index is 0. The number of piperidine rings is 1. The molecule has 1 aliphatic heterocycles. The van der Waals surface area contributed by atoms with Crippen molar-refractivity contribution in [1.82, 2.24) is 9.88 Å². The molecular weight excluding hydrogens is 295 g/mol. The van der Waals surface area contributed by atoms with E-state index in [4.69, 9.17) is 11.5 Å². The number of nitrogens with two attached hydrogens (primary N) is 2. The molecule has 106 valence electrons. The second-order valence-corrected chi connectivity index (χ2v) is 4.17. The van der Waals surface area contributed by atoms with Crippen LogP contribution in [0.15, 0.2) is 18.2 Å². The van der Waals surface area contributed by atoms with Crippen LogP contribution < -0.4 is 11.5 Å². The zero-order valence-corrected chi connectivity index (χ0v) is 12.6. The Morgan fingerprint density at radius 1 is 1.17 bits per heavy atom. The quantitative estimate of drug-likeness (QED) is 0.874. The van der Waals surface area contributed by atoms with Crippen LogP contribution in [0.1, 0.15) is 18.5 Å². The molecule has 0 saturated carbocycles. The molecule has 7 heteroatoms. The molecule has 2 heterocycles. The second kappa shape index (κ2) is 9.64. The molecular formula is C11H21Cl3N4. The summed E-state index contributed by atoms with van der Waals surface area (Å²) in [5.74, 6) is 0.598. The predicted octanol–water partition coefficient (Wildman–Crippen LogP) is 1.85. The number of aromatic nitrogens is 1. The minimum atomic E-state index is 0. The number of pyridine rings is 1. The third-order valence-corrected chi connectivity index (χ3v) is 2.85. The number of hydrogen-bond donors (Lipinski definition) is 2. The summed E-state index contributed by atoms with van der Waals surface area (Å²) in [5.41, 5.74) is 12.5. The maximum atomic E-state index is 5.85. The summed E-state index contributed by atoms with van der Waals surface area (Å²) < 4.78 is 0. The summed E-state index contributed by atoms with van der Waals surface area (Å²) in [4.78, 5) is 6.67. The van der Waals surface area contributed by atoms with Gasteiger partial charge in [0.2, 0.25) is 0 Å². The van der Waals surface area contributed by atoms with Crippen molar-refractivity contribution < 1.29 is 0 Å². The van der Waals surface area contributed by atoms with Crippen molar-refractivity contribution in [2.75, 3.05) is 18.8 Å². The van der Waals surface area contributed by atoms with E-state index >= 15 is 0 Å². The lowest BCUT2D eigenvalue weighted by Crippen LogP contribution is -2.39. The Morgan fingerprint density at radius 3 is 2.33 bits per heavy atom. The summed E-state index contributed by atoms with van der Waals surface area (Å²) in [7, 11) is 0. The third kappa shape index (κ3) is 6.07. The molecule has 4 nitrogen and oxygen atoms in total. The molecule has 1 saturated heterocycles. The fourth-order valence-corrected chi connectivity index (χ4v) is 1.93. The van der Waals surface area contributed by atoms with Gasteiger partial charge in [0.05, 0.1) is 5.69 Å². The molecule has 0 spiro atoms. The largest absolute Gasteiger partial charge is 0.384 e. The lowest BCUT2D eigenvalue weighted by Gasteiger charge is -2.29. The fraction of sp³-hybridized carbons (Fsp3) is 0.545. The summed E-state index contributed by atoms with van der Waals surface area (Å²) in [5, 5.41) is 0. The number of nitrogen functional groups attached to an aromatic ring is 1. The molecule has 0 amide bonds. The van der Waals surface area contributed by atoms with Gasteiger partial charge in [0.15, 0.2) is 0 Å². The van der Waals surface area contributed by atoms with E-state index < -0.39 is 0 Å². The van der Waals surface area contributed by atoms with Crippen LogP contribution in [-0.2, 0) is 6.54 Å². The van der Waals surface area contributed by atoms with Gasteiger partial charge in [-0.15, -0.1) is 37.2 Å². The monoisotopic (exact) mass is 314 g/mol. The highest BCUT2D eigenvalue weighted by Crippen LogP contribution is 2.11. The number of hydrogen-bond acceptors (Lipinski definition) is 4. The van der Waals surface area contributed by atoms with Gasteiger partial charge in [-0.3, -0.25) is 4.90 Å². The Balaban J connectivity index is 0. The number of halogens is 3. The molecule has 4 N–H and O–H groups in total. The standard InChI is InChI=1S/C11H18N4.3ClH/c12-9-4-6-15(7-5-9)8-10-2-1-3-11(13)14-10;;;/h1-3,9H,4-8,12H2,(H2,13,14);3*1H. The van der Waals surface area contributed by atoms with Crippen molar-refractivity contribution >= 4 is 43.0 Å². The number of likely N-dealkylation sites (tertiary alicyclic amines) is 1. The molecule has 1 aliphatic rings. The second-order valence-electron chi connectivity index (χ2n) is 4.17. The highest BCUT2D eigenvalue weighted by molar-refractivity contribution is 5.86. The first-order valence-electron chi connectivity index (χ1n) is 5.43. The maximum absolute atomic E-state index is 5.85. The summed E-state index contributed by atoms with van der Waals surface area (Å²) >= 11 is 0. The lowest BCUT2D eigenvalue weighted by atomic mass is 10.1. The Kier molecular flexibility index (Phi) is 10.7. The average molecular weight is 316 g/mol. The SMILES string of the molecule is Cl.Cl.Cl.Nc1cccc(CN2CCC(N)CC2)n1. The van der Waals surface area contributed by atoms with E-state index in [1.165, 1.54) is 0 Å². The van der Waals surface area contributed by atoms with Gasteiger partial charge in [-0.25, -0.2) is 4.98 Å². The van der Waals surface area contributed by atoms with Crippen LogP contribution in [0.25, 0.3) is 0 Å². The van der Waals surface area contributed by atoms with Gasteiger partial charge < -0.3 is 11.5 Å². The Labute approximate surface area is 127 Å². The van der Waals surface area contributed by atoms with Gasteiger partial charge >= 0.3 is 0 Å². The number of nitrogens with zero attached hydrogens (tertiary/aromatic N) is 2. The van der Waals surface area contributed by atoms with Crippen molar-refractivity contribution in [3.63, 3.8) is 0 Å².